The number of allylic oxidation sites excluding steroid dienone is 2. The van der Waals surface area contributed by atoms with E-state index >= 15 is 0 Å². The lowest BCUT2D eigenvalue weighted by molar-refractivity contribution is -0.179. The fraction of sp³-hybridized carbons (Fsp3) is 0.483. The molecule has 2 atom stereocenters. The van der Waals surface area contributed by atoms with Crippen molar-refractivity contribution in [3.05, 3.63) is 190 Å². The molecule has 2 N–H and O–H groups in total. The molecule has 0 amide bonds. The largest absolute Gasteiger partial charge is 0.505 e. The van der Waals surface area contributed by atoms with Gasteiger partial charge in [0.05, 0.1) is 29.9 Å². The SMILES string of the molecule is CC(C)(C)CC(C)(C)C1=CC(n2c3ccc(C(C)(C)C)cc3c3cc(C(C)(C)C)ccc32)C(O)(OCCCOc2ccc(C3CC3)cc2-c2cc(C(C)(C)CC(C)(C)C)cc(-n3c4ccc(C(C)(C)C)cc4c4cc(C(C)(C)C)ccc43)c2O)C(c2cccc(C3CC3)c2)=C1. The number of hydrogen-bond donors (Lipinski definition) is 2. The fourth-order valence-electron chi connectivity index (χ4n) is 16.0. The zero-order chi connectivity index (χ0) is 68.7. The van der Waals surface area contributed by atoms with Gasteiger partial charge in [-0.05, 0) is 223 Å². The molecule has 0 aliphatic heterocycles. The quantitative estimate of drug-likeness (QED) is 0.0747. The van der Waals surface area contributed by atoms with E-state index < -0.39 is 11.8 Å². The van der Waals surface area contributed by atoms with Crippen LogP contribution in [0, 0.1) is 16.2 Å². The maximum atomic E-state index is 14.5. The van der Waals surface area contributed by atoms with Gasteiger partial charge < -0.3 is 28.8 Å². The Morgan fingerprint density at radius 2 is 0.926 bits per heavy atom. The van der Waals surface area contributed by atoms with Gasteiger partial charge in [0, 0.05) is 55.7 Å². The minimum absolute atomic E-state index is 0.0304. The Morgan fingerprint density at radius 1 is 0.463 bits per heavy atom. The second-order valence-corrected chi connectivity index (χ2v) is 37.1. The summed E-state index contributed by atoms with van der Waals surface area (Å²) in [5.74, 6) is 0.103. The van der Waals surface area contributed by atoms with Gasteiger partial charge >= 0.3 is 0 Å². The van der Waals surface area contributed by atoms with Crippen molar-refractivity contribution in [2.75, 3.05) is 13.2 Å². The Morgan fingerprint density at radius 3 is 1.40 bits per heavy atom. The van der Waals surface area contributed by atoms with Crippen LogP contribution in [0.25, 0.3) is 66.0 Å². The molecule has 6 heteroatoms. The summed E-state index contributed by atoms with van der Waals surface area (Å²) >= 11 is 0. The second-order valence-electron chi connectivity index (χ2n) is 37.1. The van der Waals surface area contributed by atoms with Crippen LogP contribution >= 0.6 is 0 Å². The summed E-state index contributed by atoms with van der Waals surface area (Å²) in [6.45, 7) is 51.4. The van der Waals surface area contributed by atoms with Crippen molar-refractivity contribution < 1.29 is 19.7 Å². The number of aliphatic hydroxyl groups is 1. The minimum Gasteiger partial charge on any atom is -0.505 e. The van der Waals surface area contributed by atoms with Crippen molar-refractivity contribution in [3.63, 3.8) is 0 Å². The topological polar surface area (TPSA) is 68.8 Å². The number of benzene rings is 7. The maximum Gasteiger partial charge on any atom is 0.218 e. The molecule has 0 spiro atoms. The maximum absolute atomic E-state index is 14.5. The lowest BCUT2D eigenvalue weighted by atomic mass is 9.68. The first-order valence-corrected chi connectivity index (χ1v) is 35.8. The molecular formula is C89H112N2O4. The lowest BCUT2D eigenvalue weighted by Crippen LogP contribution is -2.45. The average molecular weight is 1270 g/mol. The Kier molecular flexibility index (Phi) is 17.0. The van der Waals surface area contributed by atoms with Crippen molar-refractivity contribution in [1.82, 2.24) is 9.13 Å². The van der Waals surface area contributed by atoms with Gasteiger partial charge in [-0.15, -0.1) is 0 Å². The Labute approximate surface area is 570 Å². The van der Waals surface area contributed by atoms with E-state index in [1.165, 1.54) is 73.3 Å². The van der Waals surface area contributed by atoms with Crippen LogP contribution in [-0.2, 0) is 31.8 Å². The van der Waals surface area contributed by atoms with E-state index in [4.69, 9.17) is 9.47 Å². The molecular weight excluding hydrogens is 1160 g/mol. The Bertz CT molecular complexity index is 4360. The summed E-state index contributed by atoms with van der Waals surface area (Å²) in [6.07, 6.45) is 11.6. The molecule has 2 heterocycles. The number of aromatic nitrogens is 2. The molecule has 502 valence electrons. The molecule has 12 rings (SSSR count). The van der Waals surface area contributed by atoms with Gasteiger partial charge in [0.15, 0.2) is 0 Å². The van der Waals surface area contributed by atoms with Crippen LogP contribution in [0.2, 0.25) is 0 Å². The molecule has 0 radical (unpaired) electrons. The highest BCUT2D eigenvalue weighted by Crippen LogP contribution is 2.54. The van der Waals surface area contributed by atoms with E-state index in [9.17, 15) is 10.2 Å². The molecule has 3 aliphatic rings. The van der Waals surface area contributed by atoms with E-state index in [2.05, 4.69) is 301 Å². The first-order chi connectivity index (χ1) is 44.1. The number of rotatable bonds is 16. The lowest BCUT2D eigenvalue weighted by Gasteiger charge is -2.44. The molecule has 2 aromatic heterocycles. The smallest absolute Gasteiger partial charge is 0.218 e. The van der Waals surface area contributed by atoms with Crippen molar-refractivity contribution >= 4 is 49.2 Å². The van der Waals surface area contributed by atoms with Gasteiger partial charge in [-0.3, -0.25) is 0 Å². The summed E-state index contributed by atoms with van der Waals surface area (Å²) in [5.41, 5.74) is 17.7. The van der Waals surface area contributed by atoms with Crippen molar-refractivity contribution in [2.45, 2.75) is 248 Å². The van der Waals surface area contributed by atoms with Crippen molar-refractivity contribution in [1.29, 1.82) is 0 Å². The third kappa shape index (κ3) is 13.6. The molecule has 7 aromatic carbocycles. The Hall–Kier alpha value is -6.86. The van der Waals surface area contributed by atoms with Crippen LogP contribution in [0.5, 0.6) is 11.5 Å². The third-order valence-electron chi connectivity index (χ3n) is 21.0. The summed E-state index contributed by atoms with van der Waals surface area (Å²) in [4.78, 5) is 0. The number of phenolic OH excluding ortho intramolecular Hbond substituents is 1. The zero-order valence-corrected chi connectivity index (χ0v) is 62.0. The van der Waals surface area contributed by atoms with E-state index in [0.717, 1.165) is 81.3 Å². The van der Waals surface area contributed by atoms with Gasteiger partial charge in [0.1, 0.15) is 17.5 Å². The molecule has 6 nitrogen and oxygen atoms in total. The monoisotopic (exact) mass is 1270 g/mol. The number of fused-ring (bicyclic) bond motifs is 6. The van der Waals surface area contributed by atoms with Crippen LogP contribution in [0.3, 0.4) is 0 Å². The van der Waals surface area contributed by atoms with Gasteiger partial charge in [-0.25, -0.2) is 0 Å². The highest BCUT2D eigenvalue weighted by atomic mass is 16.6. The Balaban J connectivity index is 0.976. The molecule has 0 saturated heterocycles. The molecule has 2 saturated carbocycles. The summed E-state index contributed by atoms with van der Waals surface area (Å²) in [5, 5.41) is 32.6. The van der Waals surface area contributed by atoms with Crippen LogP contribution in [0.4, 0.5) is 0 Å². The fourth-order valence-corrected chi connectivity index (χ4v) is 16.0. The number of ether oxygens (including phenoxy) is 2. The molecule has 95 heavy (non-hydrogen) atoms. The van der Waals surface area contributed by atoms with Gasteiger partial charge in [0.25, 0.3) is 0 Å². The molecule has 9 aromatic rings. The van der Waals surface area contributed by atoms with E-state index in [0.29, 0.717) is 30.6 Å². The average Bonchev–Trinajstić information content (AvgIpc) is 1.64. The molecule has 2 fully saturated rings. The first kappa shape index (κ1) is 68.1. The van der Waals surface area contributed by atoms with Crippen LogP contribution in [0.1, 0.15) is 260 Å². The van der Waals surface area contributed by atoms with E-state index in [-0.39, 0.29) is 55.7 Å². The number of phenols is 1. The first-order valence-electron chi connectivity index (χ1n) is 35.8. The van der Waals surface area contributed by atoms with Crippen LogP contribution in [-0.4, -0.2) is 38.3 Å². The predicted molar refractivity (Wildman–Crippen MR) is 404 cm³/mol. The number of hydrogen-bond acceptors (Lipinski definition) is 4. The van der Waals surface area contributed by atoms with Crippen LogP contribution in [0.15, 0.2) is 145 Å². The molecule has 3 aliphatic carbocycles. The van der Waals surface area contributed by atoms with Crippen LogP contribution < -0.4 is 4.74 Å². The van der Waals surface area contributed by atoms with Gasteiger partial charge in [0.2, 0.25) is 5.79 Å². The van der Waals surface area contributed by atoms with E-state index in [1.54, 1.807) is 0 Å². The van der Waals surface area contributed by atoms with Crippen molar-refractivity contribution in [2.24, 2.45) is 16.2 Å². The summed E-state index contributed by atoms with van der Waals surface area (Å²) in [6, 6.07) is 47.3. The predicted octanol–water partition coefficient (Wildman–Crippen LogP) is 24.1. The zero-order valence-electron chi connectivity index (χ0n) is 62.0. The molecule has 0 bridgehead atoms. The van der Waals surface area contributed by atoms with Gasteiger partial charge in [-0.1, -0.05) is 213 Å². The molecule has 2 unspecified atom stereocenters. The number of aromatic hydroxyl groups is 1. The van der Waals surface area contributed by atoms with Crippen molar-refractivity contribution in [3.8, 4) is 28.3 Å². The highest BCUT2D eigenvalue weighted by molar-refractivity contribution is 6.11. The second kappa shape index (κ2) is 23.7. The highest BCUT2D eigenvalue weighted by Gasteiger charge is 2.48. The van der Waals surface area contributed by atoms with Gasteiger partial charge in [-0.2, -0.15) is 0 Å². The van der Waals surface area contributed by atoms with E-state index in [1.807, 2.05) is 0 Å². The summed E-state index contributed by atoms with van der Waals surface area (Å²) < 4.78 is 19.3. The normalized spacial score (nSPS) is 18.2. The summed E-state index contributed by atoms with van der Waals surface area (Å²) in [7, 11) is 0. The minimum atomic E-state index is -1.82. The number of nitrogens with zero attached hydrogens (tertiary/aromatic N) is 2. The standard InChI is InChI=1S/C89H112N2O4/c1-81(2,3)53-87(19,20)64-49-71(80(92)77(51-64)90-73-36-32-60(83(7,8)9)45-66(73)67-46-61(84(10,11)12)33-37-74(67)90)70-44-58(56-29-30-56)31-40-78(70)94-41-24-42-95-89(93)72(59-26-23-25-57(43-59)55-27-28-55)50-65(88(21,22)54-82(4,5)6)52-79(89)91-75-38-34-62(85(13,14)15)47-68(75)69-48-63(86(16,17)18)35-39-76(69)91/h23,25-26,31-40,43-52,55-56,79,92-93H,24,27-30,41-42,53-54H2,1-22H3. The third-order valence-corrected chi connectivity index (χ3v) is 21.0.